The highest BCUT2D eigenvalue weighted by molar-refractivity contribution is 6.11. The molecule has 0 saturated carbocycles. The van der Waals surface area contributed by atoms with Gasteiger partial charge >= 0.3 is 0 Å². The van der Waals surface area contributed by atoms with E-state index in [1.807, 2.05) is 4.68 Å². The molecule has 0 radical (unpaired) electrons. The summed E-state index contributed by atoms with van der Waals surface area (Å²) in [5.74, 6) is 0.970. The molecule has 98 valence electrons. The van der Waals surface area contributed by atoms with E-state index in [2.05, 4.69) is 63.1 Å². The van der Waals surface area contributed by atoms with Crippen LogP contribution in [0.4, 0.5) is 0 Å². The van der Waals surface area contributed by atoms with Crippen LogP contribution < -0.4 is 0 Å². The molecular formula is C16H19N3. The molecule has 1 aromatic carbocycles. The summed E-state index contributed by atoms with van der Waals surface area (Å²) in [6.45, 7) is 8.48. The molecule has 0 atom stereocenters. The molecule has 1 aliphatic rings. The van der Waals surface area contributed by atoms with E-state index in [1.54, 1.807) is 0 Å². The minimum Gasteiger partial charge on any atom is -0.260 e. The third-order valence-corrected chi connectivity index (χ3v) is 3.21. The first-order valence-corrected chi connectivity index (χ1v) is 6.78. The van der Waals surface area contributed by atoms with Crippen molar-refractivity contribution in [2.75, 3.05) is 0 Å². The standard InChI is InChI=1S/C16H19N3/c1-5-11-10-14-12-8-6-7-9-13(12)15(19(14)18-11)17-16(2,3)4/h6-10H,5H2,1-4H3. The van der Waals surface area contributed by atoms with Gasteiger partial charge in [-0.15, -0.1) is 0 Å². The molecule has 19 heavy (non-hydrogen) atoms. The Morgan fingerprint density at radius 2 is 1.84 bits per heavy atom. The number of rotatable bonds is 1. The Bertz CT molecular complexity index is 657. The third kappa shape index (κ3) is 1.99. The van der Waals surface area contributed by atoms with Crippen LogP contribution in [0.1, 0.15) is 39.0 Å². The fourth-order valence-electron chi connectivity index (χ4n) is 2.40. The maximum atomic E-state index is 4.86. The van der Waals surface area contributed by atoms with E-state index in [-0.39, 0.29) is 5.54 Å². The van der Waals surface area contributed by atoms with Crippen LogP contribution in [0.3, 0.4) is 0 Å². The van der Waals surface area contributed by atoms with E-state index in [0.29, 0.717) is 0 Å². The lowest BCUT2D eigenvalue weighted by molar-refractivity contribution is 0.580. The molecule has 3 nitrogen and oxygen atoms in total. The average molecular weight is 253 g/mol. The zero-order chi connectivity index (χ0) is 13.6. The van der Waals surface area contributed by atoms with E-state index >= 15 is 0 Å². The number of aromatic nitrogens is 2. The lowest BCUT2D eigenvalue weighted by Crippen LogP contribution is -2.19. The van der Waals surface area contributed by atoms with Gasteiger partial charge in [-0.25, -0.2) is 4.68 Å². The van der Waals surface area contributed by atoms with Crippen LogP contribution in [0, 0.1) is 0 Å². The van der Waals surface area contributed by atoms with Crippen molar-refractivity contribution in [3.8, 4) is 11.3 Å². The first-order chi connectivity index (χ1) is 8.99. The van der Waals surface area contributed by atoms with Crippen molar-refractivity contribution >= 4 is 5.84 Å². The molecule has 0 spiro atoms. The quantitative estimate of drug-likeness (QED) is 0.652. The van der Waals surface area contributed by atoms with Crippen LogP contribution in [-0.2, 0) is 6.42 Å². The van der Waals surface area contributed by atoms with Gasteiger partial charge in [0.2, 0.25) is 0 Å². The van der Waals surface area contributed by atoms with Gasteiger partial charge in [-0.2, -0.15) is 5.10 Å². The number of fused-ring (bicyclic) bond motifs is 3. The monoisotopic (exact) mass is 253 g/mol. The topological polar surface area (TPSA) is 30.2 Å². The number of nitrogens with zero attached hydrogens (tertiary/aromatic N) is 3. The molecule has 0 saturated heterocycles. The van der Waals surface area contributed by atoms with Gasteiger partial charge in [-0.1, -0.05) is 31.2 Å². The maximum absolute atomic E-state index is 4.86. The Morgan fingerprint density at radius 3 is 2.47 bits per heavy atom. The highest BCUT2D eigenvalue weighted by Gasteiger charge is 2.27. The van der Waals surface area contributed by atoms with Gasteiger partial charge in [0.25, 0.3) is 0 Å². The number of benzene rings is 1. The van der Waals surface area contributed by atoms with Crippen LogP contribution in [-0.4, -0.2) is 21.2 Å². The molecule has 2 heterocycles. The Kier molecular flexibility index (Phi) is 2.59. The minimum atomic E-state index is -0.109. The zero-order valence-corrected chi connectivity index (χ0v) is 11.9. The Morgan fingerprint density at radius 1 is 1.16 bits per heavy atom. The minimum absolute atomic E-state index is 0.109. The summed E-state index contributed by atoms with van der Waals surface area (Å²) < 4.78 is 1.99. The molecule has 0 fully saturated rings. The second-order valence-electron chi connectivity index (χ2n) is 5.94. The van der Waals surface area contributed by atoms with E-state index in [9.17, 15) is 0 Å². The van der Waals surface area contributed by atoms with E-state index in [4.69, 9.17) is 4.99 Å². The molecule has 2 aromatic rings. The SMILES string of the molecule is CCc1cc2n(n1)C(=NC(C)(C)C)c1ccccc1-2. The molecular weight excluding hydrogens is 234 g/mol. The summed E-state index contributed by atoms with van der Waals surface area (Å²) in [7, 11) is 0. The van der Waals surface area contributed by atoms with E-state index in [0.717, 1.165) is 23.6 Å². The van der Waals surface area contributed by atoms with Gasteiger partial charge in [0.05, 0.1) is 16.9 Å². The molecule has 1 aliphatic heterocycles. The molecule has 3 heteroatoms. The molecule has 3 rings (SSSR count). The van der Waals surface area contributed by atoms with Crippen LogP contribution in [0.5, 0.6) is 0 Å². The summed E-state index contributed by atoms with van der Waals surface area (Å²) in [6.07, 6.45) is 0.949. The molecule has 0 bridgehead atoms. The number of hydrogen-bond acceptors (Lipinski definition) is 2. The van der Waals surface area contributed by atoms with Gasteiger partial charge in [-0.05, 0) is 33.3 Å². The summed E-state index contributed by atoms with van der Waals surface area (Å²) in [5.41, 5.74) is 4.59. The lowest BCUT2D eigenvalue weighted by Gasteiger charge is -2.14. The number of hydrogen-bond donors (Lipinski definition) is 0. The van der Waals surface area contributed by atoms with Crippen molar-refractivity contribution in [3.63, 3.8) is 0 Å². The van der Waals surface area contributed by atoms with Crippen LogP contribution in [0.15, 0.2) is 35.3 Å². The zero-order valence-electron chi connectivity index (χ0n) is 11.9. The molecule has 0 aliphatic carbocycles. The van der Waals surface area contributed by atoms with Gasteiger partial charge in [0, 0.05) is 11.1 Å². The summed E-state index contributed by atoms with van der Waals surface area (Å²) in [5, 5.41) is 4.68. The summed E-state index contributed by atoms with van der Waals surface area (Å²) in [6, 6.07) is 10.6. The number of aryl methyl sites for hydroxylation is 1. The first-order valence-electron chi connectivity index (χ1n) is 6.78. The smallest absolute Gasteiger partial charge is 0.157 e. The van der Waals surface area contributed by atoms with Crippen molar-refractivity contribution in [2.45, 2.75) is 39.7 Å². The van der Waals surface area contributed by atoms with Crippen LogP contribution in [0.25, 0.3) is 11.3 Å². The molecule has 0 N–H and O–H groups in total. The van der Waals surface area contributed by atoms with Gasteiger partial charge < -0.3 is 0 Å². The summed E-state index contributed by atoms with van der Waals surface area (Å²) >= 11 is 0. The Hall–Kier alpha value is -1.90. The Labute approximate surface area is 114 Å². The normalized spacial score (nSPS) is 15.7. The largest absolute Gasteiger partial charge is 0.260 e. The second-order valence-corrected chi connectivity index (χ2v) is 5.94. The highest BCUT2D eigenvalue weighted by Crippen LogP contribution is 2.33. The van der Waals surface area contributed by atoms with Crippen molar-refractivity contribution in [1.82, 2.24) is 9.78 Å². The fraction of sp³-hybridized carbons (Fsp3) is 0.375. The van der Waals surface area contributed by atoms with E-state index < -0.39 is 0 Å². The predicted octanol–water partition coefficient (Wildman–Crippen LogP) is 3.52. The predicted molar refractivity (Wildman–Crippen MR) is 78.7 cm³/mol. The van der Waals surface area contributed by atoms with Crippen LogP contribution in [0.2, 0.25) is 0 Å². The van der Waals surface area contributed by atoms with Gasteiger partial charge in [-0.3, -0.25) is 4.99 Å². The summed E-state index contributed by atoms with van der Waals surface area (Å²) in [4.78, 5) is 4.86. The van der Waals surface area contributed by atoms with Crippen molar-refractivity contribution in [2.24, 2.45) is 4.99 Å². The third-order valence-electron chi connectivity index (χ3n) is 3.21. The van der Waals surface area contributed by atoms with Gasteiger partial charge in [0.15, 0.2) is 5.84 Å². The molecule has 1 aromatic heterocycles. The first kappa shape index (κ1) is 12.2. The highest BCUT2D eigenvalue weighted by atomic mass is 15.3. The second kappa shape index (κ2) is 4.05. The van der Waals surface area contributed by atoms with Crippen molar-refractivity contribution < 1.29 is 0 Å². The average Bonchev–Trinajstić information content (AvgIpc) is 2.88. The fourth-order valence-corrected chi connectivity index (χ4v) is 2.40. The van der Waals surface area contributed by atoms with Gasteiger partial charge in [0.1, 0.15) is 0 Å². The number of aliphatic imine (C=N–C) groups is 1. The Balaban J connectivity index is 2.26. The molecule has 0 unspecified atom stereocenters. The lowest BCUT2D eigenvalue weighted by atomic mass is 10.1. The van der Waals surface area contributed by atoms with Crippen molar-refractivity contribution in [3.05, 3.63) is 41.6 Å². The van der Waals surface area contributed by atoms with E-state index in [1.165, 1.54) is 11.1 Å². The van der Waals surface area contributed by atoms with Crippen LogP contribution >= 0.6 is 0 Å². The molecule has 0 amide bonds. The van der Waals surface area contributed by atoms with Crippen molar-refractivity contribution in [1.29, 1.82) is 0 Å². The maximum Gasteiger partial charge on any atom is 0.157 e.